The minimum atomic E-state index is -0.309. The Kier molecular flexibility index (Phi) is 5.44. The Morgan fingerprint density at radius 2 is 2.07 bits per heavy atom. The number of hydrogen-bond donors (Lipinski definition) is 3. The van der Waals surface area contributed by atoms with E-state index in [1.807, 2.05) is 13.0 Å². The SMILES string of the molecule is Cc1cc(Br)cc([C@H](N)CN)c1O.Cl. The molecule has 1 rings (SSSR count). The summed E-state index contributed by atoms with van der Waals surface area (Å²) in [7, 11) is 0. The van der Waals surface area contributed by atoms with Gasteiger partial charge in [0.2, 0.25) is 0 Å². The van der Waals surface area contributed by atoms with Crippen molar-refractivity contribution in [2.45, 2.75) is 13.0 Å². The minimum Gasteiger partial charge on any atom is -0.507 e. The summed E-state index contributed by atoms with van der Waals surface area (Å²) in [5.74, 6) is 0.237. The van der Waals surface area contributed by atoms with E-state index in [1.54, 1.807) is 6.07 Å². The van der Waals surface area contributed by atoms with Gasteiger partial charge in [-0.15, -0.1) is 12.4 Å². The number of aryl methyl sites for hydroxylation is 1. The van der Waals surface area contributed by atoms with Crippen molar-refractivity contribution < 1.29 is 5.11 Å². The molecule has 0 fully saturated rings. The van der Waals surface area contributed by atoms with Crippen LogP contribution in [0.5, 0.6) is 5.75 Å². The Balaban J connectivity index is 0.00000169. The van der Waals surface area contributed by atoms with Gasteiger partial charge in [-0.05, 0) is 24.6 Å². The second kappa shape index (κ2) is 5.56. The quantitative estimate of drug-likeness (QED) is 0.774. The van der Waals surface area contributed by atoms with Gasteiger partial charge in [-0.1, -0.05) is 15.9 Å². The van der Waals surface area contributed by atoms with E-state index in [2.05, 4.69) is 15.9 Å². The highest BCUT2D eigenvalue weighted by Crippen LogP contribution is 2.29. The first kappa shape index (κ1) is 13.7. The van der Waals surface area contributed by atoms with Crippen LogP contribution in [0.2, 0.25) is 0 Å². The highest BCUT2D eigenvalue weighted by Gasteiger charge is 2.11. The van der Waals surface area contributed by atoms with Gasteiger partial charge < -0.3 is 16.6 Å². The van der Waals surface area contributed by atoms with Crippen LogP contribution in [0, 0.1) is 6.92 Å². The van der Waals surface area contributed by atoms with Crippen LogP contribution in [0.1, 0.15) is 17.2 Å². The summed E-state index contributed by atoms with van der Waals surface area (Å²) in [6, 6.07) is 3.32. The van der Waals surface area contributed by atoms with Gasteiger partial charge in [-0.2, -0.15) is 0 Å². The molecule has 0 aliphatic carbocycles. The number of benzene rings is 1. The third-order valence-electron chi connectivity index (χ3n) is 1.95. The first-order chi connectivity index (χ1) is 6.06. The molecule has 1 aromatic carbocycles. The molecule has 3 nitrogen and oxygen atoms in total. The van der Waals surface area contributed by atoms with Gasteiger partial charge in [0.1, 0.15) is 5.75 Å². The van der Waals surface area contributed by atoms with Crippen LogP contribution >= 0.6 is 28.3 Å². The van der Waals surface area contributed by atoms with Gasteiger partial charge in [0.05, 0.1) is 0 Å². The summed E-state index contributed by atoms with van der Waals surface area (Å²) in [4.78, 5) is 0. The van der Waals surface area contributed by atoms with Crippen molar-refractivity contribution in [2.75, 3.05) is 6.54 Å². The summed E-state index contributed by atoms with van der Waals surface area (Å²) in [6.45, 7) is 2.15. The average molecular weight is 282 g/mol. The molecular formula is C9H14BrClN2O. The van der Waals surface area contributed by atoms with Gasteiger partial charge in [-0.3, -0.25) is 0 Å². The lowest BCUT2D eigenvalue weighted by Gasteiger charge is -2.13. The molecule has 0 radical (unpaired) electrons. The molecule has 0 spiro atoms. The van der Waals surface area contributed by atoms with E-state index < -0.39 is 0 Å². The maximum absolute atomic E-state index is 9.67. The fourth-order valence-electron chi connectivity index (χ4n) is 1.17. The van der Waals surface area contributed by atoms with Gasteiger partial charge in [0, 0.05) is 22.6 Å². The van der Waals surface area contributed by atoms with E-state index in [9.17, 15) is 5.11 Å². The highest BCUT2D eigenvalue weighted by molar-refractivity contribution is 9.10. The van der Waals surface area contributed by atoms with E-state index in [4.69, 9.17) is 11.5 Å². The number of rotatable bonds is 2. The van der Waals surface area contributed by atoms with Gasteiger partial charge in [0.15, 0.2) is 0 Å². The predicted molar refractivity (Wildman–Crippen MR) is 63.8 cm³/mol. The first-order valence-electron chi connectivity index (χ1n) is 4.01. The van der Waals surface area contributed by atoms with Crippen molar-refractivity contribution in [2.24, 2.45) is 11.5 Å². The van der Waals surface area contributed by atoms with Crippen molar-refractivity contribution in [3.05, 3.63) is 27.7 Å². The molecule has 0 bridgehead atoms. The van der Waals surface area contributed by atoms with Gasteiger partial charge in [-0.25, -0.2) is 0 Å². The van der Waals surface area contributed by atoms with E-state index in [0.717, 1.165) is 10.0 Å². The van der Waals surface area contributed by atoms with Crippen LogP contribution in [0.15, 0.2) is 16.6 Å². The third-order valence-corrected chi connectivity index (χ3v) is 2.41. The molecule has 0 heterocycles. The van der Waals surface area contributed by atoms with Crippen LogP contribution in [-0.4, -0.2) is 11.7 Å². The zero-order valence-corrected chi connectivity index (χ0v) is 10.2. The molecule has 1 atom stereocenters. The summed E-state index contributed by atoms with van der Waals surface area (Å²) in [6.07, 6.45) is 0. The molecule has 0 amide bonds. The molecule has 0 saturated carbocycles. The van der Waals surface area contributed by atoms with Crippen molar-refractivity contribution >= 4 is 28.3 Å². The zero-order valence-electron chi connectivity index (χ0n) is 7.83. The number of phenolic OH excluding ortho intramolecular Hbond substituents is 1. The first-order valence-corrected chi connectivity index (χ1v) is 4.80. The summed E-state index contributed by atoms with van der Waals surface area (Å²) in [5.41, 5.74) is 12.6. The van der Waals surface area contributed by atoms with Gasteiger partial charge >= 0.3 is 0 Å². The Morgan fingerprint density at radius 1 is 1.50 bits per heavy atom. The highest BCUT2D eigenvalue weighted by atomic mass is 79.9. The Labute approximate surface area is 98.0 Å². The lowest BCUT2D eigenvalue weighted by atomic mass is 10.0. The van der Waals surface area contributed by atoms with Crippen LogP contribution in [-0.2, 0) is 0 Å². The van der Waals surface area contributed by atoms with E-state index in [-0.39, 0.29) is 24.2 Å². The van der Waals surface area contributed by atoms with Gasteiger partial charge in [0.25, 0.3) is 0 Å². The summed E-state index contributed by atoms with van der Waals surface area (Å²) in [5, 5.41) is 9.67. The molecule has 0 unspecified atom stereocenters. The molecule has 0 aliphatic heterocycles. The topological polar surface area (TPSA) is 72.3 Å². The van der Waals surface area contributed by atoms with Crippen LogP contribution in [0.4, 0.5) is 0 Å². The molecule has 80 valence electrons. The van der Waals surface area contributed by atoms with Crippen molar-refractivity contribution in [3.8, 4) is 5.75 Å². The van der Waals surface area contributed by atoms with E-state index >= 15 is 0 Å². The Hall–Kier alpha value is -0.290. The fraction of sp³-hybridized carbons (Fsp3) is 0.333. The summed E-state index contributed by atoms with van der Waals surface area (Å²) >= 11 is 3.34. The van der Waals surface area contributed by atoms with Crippen LogP contribution in [0.25, 0.3) is 0 Å². The number of phenols is 1. The molecule has 14 heavy (non-hydrogen) atoms. The molecule has 0 aromatic heterocycles. The van der Waals surface area contributed by atoms with Crippen molar-refractivity contribution in [1.82, 2.24) is 0 Å². The lowest BCUT2D eigenvalue weighted by Crippen LogP contribution is -2.21. The normalized spacial score (nSPS) is 12.0. The van der Waals surface area contributed by atoms with Crippen molar-refractivity contribution in [1.29, 1.82) is 0 Å². The van der Waals surface area contributed by atoms with E-state index in [1.165, 1.54) is 0 Å². The minimum absolute atomic E-state index is 0. The fourth-order valence-corrected chi connectivity index (χ4v) is 1.76. The number of hydrogen-bond acceptors (Lipinski definition) is 3. The number of halogens is 2. The van der Waals surface area contributed by atoms with E-state index in [0.29, 0.717) is 12.1 Å². The van der Waals surface area contributed by atoms with Crippen LogP contribution in [0.3, 0.4) is 0 Å². The Morgan fingerprint density at radius 3 is 2.57 bits per heavy atom. The molecular weight excluding hydrogens is 267 g/mol. The molecule has 5 N–H and O–H groups in total. The second-order valence-electron chi connectivity index (χ2n) is 3.00. The lowest BCUT2D eigenvalue weighted by molar-refractivity contribution is 0.457. The zero-order chi connectivity index (χ0) is 10.0. The second-order valence-corrected chi connectivity index (χ2v) is 3.92. The molecule has 0 saturated heterocycles. The van der Waals surface area contributed by atoms with Crippen LogP contribution < -0.4 is 11.5 Å². The number of nitrogens with two attached hydrogens (primary N) is 2. The molecule has 1 aromatic rings. The average Bonchev–Trinajstić information content (AvgIpc) is 2.10. The molecule has 0 aliphatic rings. The largest absolute Gasteiger partial charge is 0.507 e. The molecule has 5 heteroatoms. The maximum atomic E-state index is 9.67. The standard InChI is InChI=1S/C9H13BrN2O.ClH/c1-5-2-6(10)3-7(9(5)13)8(12)4-11;/h2-3,8,13H,4,11-12H2,1H3;1H/t8-;/m1./s1. The predicted octanol–water partition coefficient (Wildman–Crippen LogP) is 1.84. The third kappa shape index (κ3) is 2.85. The number of aromatic hydroxyl groups is 1. The smallest absolute Gasteiger partial charge is 0.123 e. The monoisotopic (exact) mass is 280 g/mol. The van der Waals surface area contributed by atoms with Crippen molar-refractivity contribution in [3.63, 3.8) is 0 Å². The summed E-state index contributed by atoms with van der Waals surface area (Å²) < 4.78 is 0.904. The Bertz CT molecular complexity index is 320. The maximum Gasteiger partial charge on any atom is 0.123 e.